The zero-order valence-corrected chi connectivity index (χ0v) is 13.7. The van der Waals surface area contributed by atoms with Gasteiger partial charge < -0.3 is 4.74 Å². The van der Waals surface area contributed by atoms with Crippen LogP contribution in [0.4, 0.5) is 0 Å². The van der Waals surface area contributed by atoms with Gasteiger partial charge in [-0.05, 0) is 37.5 Å². The Balaban J connectivity index is 2.88. The summed E-state index contributed by atoms with van der Waals surface area (Å²) in [4.78, 5) is -0.0871. The third kappa shape index (κ3) is 2.77. The number of aromatic nitrogens is 1. The Bertz CT molecular complexity index is 845. The zero-order valence-electron chi connectivity index (χ0n) is 12.9. The van der Waals surface area contributed by atoms with E-state index in [0.29, 0.717) is 28.1 Å². The summed E-state index contributed by atoms with van der Waals surface area (Å²) in [6, 6.07) is 5.13. The van der Waals surface area contributed by atoms with Crippen LogP contribution in [0.5, 0.6) is 5.75 Å². The molecule has 0 aliphatic carbocycles. The molecule has 1 aromatic heterocycles. The minimum absolute atomic E-state index is 0.0871. The normalized spacial score (nSPS) is 11.5. The van der Waals surface area contributed by atoms with Crippen LogP contribution < -0.4 is 15.3 Å². The first-order valence-electron chi connectivity index (χ1n) is 6.60. The molecule has 0 saturated carbocycles. The average Bonchev–Trinajstić information content (AvgIpc) is 2.38. The highest BCUT2D eigenvalue weighted by Gasteiger charge is 2.25. The van der Waals surface area contributed by atoms with Crippen LogP contribution in [-0.2, 0) is 10.1 Å². The summed E-state index contributed by atoms with van der Waals surface area (Å²) in [5, 5.41) is 0. The maximum absolute atomic E-state index is 11.7. The molecule has 118 valence electrons. The van der Waals surface area contributed by atoms with Gasteiger partial charge in [-0.2, -0.15) is 8.42 Å². The van der Waals surface area contributed by atoms with E-state index in [0.717, 1.165) is 5.56 Å². The van der Waals surface area contributed by atoms with Gasteiger partial charge in [-0.3, -0.25) is 4.55 Å². The van der Waals surface area contributed by atoms with E-state index in [-0.39, 0.29) is 4.90 Å². The number of hydrogen-bond acceptors (Lipinski definition) is 4. The van der Waals surface area contributed by atoms with Crippen LogP contribution in [0.1, 0.15) is 16.7 Å². The van der Waals surface area contributed by atoms with Crippen LogP contribution in [0.2, 0.25) is 0 Å². The predicted molar refractivity (Wildman–Crippen MR) is 82.8 cm³/mol. The Morgan fingerprint density at radius 2 is 1.82 bits per heavy atom. The summed E-state index contributed by atoms with van der Waals surface area (Å²) < 4.78 is 39.4. The van der Waals surface area contributed by atoms with E-state index in [1.54, 1.807) is 45.4 Å². The van der Waals surface area contributed by atoms with E-state index >= 15 is 0 Å². The zero-order chi connectivity index (χ0) is 16.7. The quantitative estimate of drug-likeness (QED) is 0.508. The first-order valence-corrected chi connectivity index (χ1v) is 8.04. The van der Waals surface area contributed by atoms with Crippen molar-refractivity contribution in [3.63, 3.8) is 0 Å². The van der Waals surface area contributed by atoms with Gasteiger partial charge in [-0.1, -0.05) is 10.7 Å². The number of nitrogens with two attached hydrogens (primary N) is 1. The molecule has 0 saturated heterocycles. The van der Waals surface area contributed by atoms with Crippen LogP contribution >= 0.6 is 0 Å². The van der Waals surface area contributed by atoms with Gasteiger partial charge in [0.2, 0.25) is 11.9 Å². The first-order chi connectivity index (χ1) is 10.2. The molecule has 2 rings (SSSR count). The van der Waals surface area contributed by atoms with E-state index in [1.807, 2.05) is 6.92 Å². The highest BCUT2D eigenvalue weighted by Crippen LogP contribution is 2.33. The standard InChI is InChI=1S/C15H18N2O4S/c1-9-7-10(2)15(22(18,19)20)11(3)14(9)13-8-12(21-4)5-6-17(13)16/h5-8H,16H2,1-4H3/p+1. The topological polar surface area (TPSA) is 93.5 Å². The Hall–Kier alpha value is -2.12. The monoisotopic (exact) mass is 323 g/mol. The largest absolute Gasteiger partial charge is 0.496 e. The molecule has 2 aromatic rings. The lowest BCUT2D eigenvalue weighted by Crippen LogP contribution is -2.46. The fourth-order valence-corrected chi connectivity index (χ4v) is 3.73. The minimum atomic E-state index is -4.32. The van der Waals surface area contributed by atoms with Gasteiger partial charge in [0.15, 0.2) is 0 Å². The van der Waals surface area contributed by atoms with Crippen LogP contribution in [-0.4, -0.2) is 20.1 Å². The van der Waals surface area contributed by atoms with Crippen molar-refractivity contribution in [3.8, 4) is 17.0 Å². The van der Waals surface area contributed by atoms with Gasteiger partial charge in [0, 0.05) is 6.07 Å². The minimum Gasteiger partial charge on any atom is -0.496 e. The van der Waals surface area contributed by atoms with Crippen molar-refractivity contribution in [1.29, 1.82) is 0 Å². The molecule has 22 heavy (non-hydrogen) atoms. The highest BCUT2D eigenvalue weighted by atomic mass is 32.2. The van der Waals surface area contributed by atoms with E-state index in [4.69, 9.17) is 10.6 Å². The average molecular weight is 323 g/mol. The van der Waals surface area contributed by atoms with E-state index in [2.05, 4.69) is 0 Å². The second-order valence-electron chi connectivity index (χ2n) is 5.17. The molecule has 0 unspecified atom stereocenters. The Morgan fingerprint density at radius 1 is 1.18 bits per heavy atom. The third-order valence-corrected chi connectivity index (χ3v) is 4.75. The summed E-state index contributed by atoms with van der Waals surface area (Å²) in [5.41, 5.74) is 3.05. The lowest BCUT2D eigenvalue weighted by Gasteiger charge is -2.14. The second-order valence-corrected chi connectivity index (χ2v) is 6.53. The number of ether oxygens (including phenoxy) is 1. The molecule has 1 heterocycles. The SMILES string of the molecule is COc1cc[n+](N)c(-c2c(C)cc(C)c(S(=O)(=O)O)c2C)c1. The van der Waals surface area contributed by atoms with Crippen LogP contribution in [0.25, 0.3) is 11.3 Å². The molecule has 1 aromatic carbocycles. The summed E-state index contributed by atoms with van der Waals surface area (Å²) in [5.74, 6) is 6.56. The molecule has 0 spiro atoms. The molecule has 0 fully saturated rings. The Morgan fingerprint density at radius 3 is 2.36 bits per heavy atom. The van der Waals surface area contributed by atoms with E-state index in [9.17, 15) is 13.0 Å². The van der Waals surface area contributed by atoms with Crippen molar-refractivity contribution in [2.75, 3.05) is 13.0 Å². The number of hydrogen-bond donors (Lipinski definition) is 2. The molecule has 3 N–H and O–H groups in total. The summed E-state index contributed by atoms with van der Waals surface area (Å²) in [7, 11) is -2.78. The van der Waals surface area contributed by atoms with E-state index in [1.165, 1.54) is 4.68 Å². The molecule has 0 radical (unpaired) electrons. The molecular formula is C15H19N2O4S+. The van der Waals surface area contributed by atoms with Crippen LogP contribution in [0.15, 0.2) is 29.3 Å². The van der Waals surface area contributed by atoms with Crippen molar-refractivity contribution in [2.24, 2.45) is 0 Å². The van der Waals surface area contributed by atoms with Crippen molar-refractivity contribution in [2.45, 2.75) is 25.7 Å². The Kier molecular flexibility index (Phi) is 4.12. The van der Waals surface area contributed by atoms with Gasteiger partial charge in [-0.25, -0.2) is 5.84 Å². The lowest BCUT2D eigenvalue weighted by molar-refractivity contribution is -0.627. The molecule has 0 atom stereocenters. The molecule has 0 bridgehead atoms. The number of benzene rings is 1. The molecule has 0 aliphatic heterocycles. The van der Waals surface area contributed by atoms with Gasteiger partial charge in [0.1, 0.15) is 10.6 Å². The number of nitrogen functional groups attached to an aromatic ring is 1. The third-order valence-electron chi connectivity index (χ3n) is 3.61. The fraction of sp³-hybridized carbons (Fsp3) is 0.267. The summed E-state index contributed by atoms with van der Waals surface area (Å²) in [6.45, 7) is 5.16. The fourth-order valence-electron chi connectivity index (χ4n) is 2.78. The number of pyridine rings is 1. The number of rotatable bonds is 3. The molecule has 7 heteroatoms. The lowest BCUT2D eigenvalue weighted by atomic mass is 9.96. The maximum atomic E-state index is 11.7. The van der Waals surface area contributed by atoms with Gasteiger partial charge in [0.05, 0.1) is 18.7 Å². The van der Waals surface area contributed by atoms with Crippen molar-refractivity contribution in [1.82, 2.24) is 0 Å². The van der Waals surface area contributed by atoms with Gasteiger partial charge >= 0.3 is 0 Å². The number of aryl methyl sites for hydroxylation is 2. The molecular weight excluding hydrogens is 304 g/mol. The van der Waals surface area contributed by atoms with Gasteiger partial charge in [0.25, 0.3) is 10.1 Å². The number of methoxy groups -OCH3 is 1. The molecule has 0 amide bonds. The predicted octanol–water partition coefficient (Wildman–Crippen LogP) is 1.54. The van der Waals surface area contributed by atoms with Crippen LogP contribution in [0, 0.1) is 20.8 Å². The van der Waals surface area contributed by atoms with Crippen LogP contribution in [0.3, 0.4) is 0 Å². The number of nitrogens with zero attached hydrogens (tertiary/aromatic N) is 1. The maximum Gasteiger partial charge on any atom is 0.295 e. The summed E-state index contributed by atoms with van der Waals surface area (Å²) in [6.07, 6.45) is 1.63. The van der Waals surface area contributed by atoms with Gasteiger partial charge in [-0.15, -0.1) is 0 Å². The smallest absolute Gasteiger partial charge is 0.295 e. The van der Waals surface area contributed by atoms with Crippen molar-refractivity contribution >= 4 is 10.1 Å². The molecule has 0 aliphatic rings. The molecule has 6 nitrogen and oxygen atoms in total. The second kappa shape index (κ2) is 5.58. The van der Waals surface area contributed by atoms with Crippen molar-refractivity contribution in [3.05, 3.63) is 41.1 Å². The summed E-state index contributed by atoms with van der Waals surface area (Å²) >= 11 is 0. The first kappa shape index (κ1) is 16.3. The van der Waals surface area contributed by atoms with Crippen molar-refractivity contribution < 1.29 is 22.4 Å². The van der Waals surface area contributed by atoms with E-state index < -0.39 is 10.1 Å². The highest BCUT2D eigenvalue weighted by molar-refractivity contribution is 7.86. The Labute approximate surface area is 129 Å².